The van der Waals surface area contributed by atoms with Crippen LogP contribution in [0.4, 0.5) is 0 Å². The molecule has 2 aromatic carbocycles. The fourth-order valence-corrected chi connectivity index (χ4v) is 3.01. The number of aryl methyl sites for hydroxylation is 1. The summed E-state index contributed by atoms with van der Waals surface area (Å²) >= 11 is 0. The standard InChI is InChI=1S/C20H21N3O3/c1-15-18(17-11-7-4-8-12-17)22-23(21-15)20(14-26-2,19(24)25)13-16-9-5-3-6-10-16/h3-12H,13-14H2,1-2H3,(H,24,25). The Bertz CT molecular complexity index is 878. The highest BCUT2D eigenvalue weighted by Gasteiger charge is 2.44. The summed E-state index contributed by atoms with van der Waals surface area (Å²) in [4.78, 5) is 13.6. The van der Waals surface area contributed by atoms with Crippen LogP contribution in [0.3, 0.4) is 0 Å². The molecule has 1 unspecified atom stereocenters. The van der Waals surface area contributed by atoms with Gasteiger partial charge in [-0.05, 0) is 12.5 Å². The van der Waals surface area contributed by atoms with Gasteiger partial charge in [0, 0.05) is 19.1 Å². The van der Waals surface area contributed by atoms with Gasteiger partial charge in [0.25, 0.3) is 0 Å². The average Bonchev–Trinajstić information content (AvgIpc) is 3.05. The molecule has 3 aromatic rings. The minimum absolute atomic E-state index is 0.0421. The summed E-state index contributed by atoms with van der Waals surface area (Å²) in [6.45, 7) is 1.79. The van der Waals surface area contributed by atoms with Crippen LogP contribution in [-0.4, -0.2) is 39.8 Å². The molecule has 26 heavy (non-hydrogen) atoms. The lowest BCUT2D eigenvalue weighted by atomic mass is 9.92. The van der Waals surface area contributed by atoms with Gasteiger partial charge in [-0.25, -0.2) is 4.79 Å². The van der Waals surface area contributed by atoms with E-state index in [1.165, 1.54) is 11.9 Å². The van der Waals surface area contributed by atoms with Crippen molar-refractivity contribution in [2.45, 2.75) is 18.9 Å². The molecule has 134 valence electrons. The number of nitrogens with zero attached hydrogens (tertiary/aromatic N) is 3. The molecule has 1 heterocycles. The molecule has 1 aromatic heterocycles. The Kier molecular flexibility index (Phi) is 5.14. The SMILES string of the molecule is COCC(Cc1ccccc1)(C(=O)O)n1nc(C)c(-c2ccccc2)n1. The Morgan fingerprint density at radius 1 is 1.08 bits per heavy atom. The predicted octanol–water partition coefficient (Wildman–Crippen LogP) is 2.92. The number of ether oxygens (including phenoxy) is 1. The van der Waals surface area contributed by atoms with Crippen LogP contribution < -0.4 is 0 Å². The molecule has 0 amide bonds. The Hall–Kier alpha value is -2.99. The summed E-state index contributed by atoms with van der Waals surface area (Å²) in [5.74, 6) is -1.03. The minimum Gasteiger partial charge on any atom is -0.479 e. The van der Waals surface area contributed by atoms with E-state index in [1.807, 2.05) is 67.6 Å². The highest BCUT2D eigenvalue weighted by molar-refractivity contribution is 5.77. The van der Waals surface area contributed by atoms with Crippen molar-refractivity contribution < 1.29 is 14.6 Å². The number of benzene rings is 2. The summed E-state index contributed by atoms with van der Waals surface area (Å²) in [5, 5.41) is 19.0. The molecule has 0 spiro atoms. The van der Waals surface area contributed by atoms with Gasteiger partial charge >= 0.3 is 5.97 Å². The molecule has 0 fully saturated rings. The number of methoxy groups -OCH3 is 1. The van der Waals surface area contributed by atoms with Gasteiger partial charge in [-0.3, -0.25) is 0 Å². The highest BCUT2D eigenvalue weighted by Crippen LogP contribution is 2.26. The van der Waals surface area contributed by atoms with Crippen LogP contribution in [0.5, 0.6) is 0 Å². The molecular formula is C20H21N3O3. The zero-order valence-corrected chi connectivity index (χ0v) is 14.8. The van der Waals surface area contributed by atoms with E-state index in [4.69, 9.17) is 4.74 Å². The van der Waals surface area contributed by atoms with E-state index in [0.29, 0.717) is 11.4 Å². The van der Waals surface area contributed by atoms with Crippen molar-refractivity contribution in [1.82, 2.24) is 15.0 Å². The van der Waals surface area contributed by atoms with Crippen molar-refractivity contribution in [2.75, 3.05) is 13.7 Å². The Balaban J connectivity index is 2.09. The lowest BCUT2D eigenvalue weighted by Crippen LogP contribution is -2.49. The Morgan fingerprint density at radius 2 is 1.69 bits per heavy atom. The maximum Gasteiger partial charge on any atom is 0.336 e. The van der Waals surface area contributed by atoms with Crippen molar-refractivity contribution in [2.24, 2.45) is 0 Å². The zero-order valence-electron chi connectivity index (χ0n) is 14.8. The third kappa shape index (κ3) is 3.36. The highest BCUT2D eigenvalue weighted by atomic mass is 16.5. The van der Waals surface area contributed by atoms with Crippen LogP contribution in [0.15, 0.2) is 60.7 Å². The lowest BCUT2D eigenvalue weighted by Gasteiger charge is -2.27. The first-order valence-corrected chi connectivity index (χ1v) is 8.33. The predicted molar refractivity (Wildman–Crippen MR) is 97.8 cm³/mol. The molecule has 0 saturated carbocycles. The molecule has 3 rings (SSSR count). The van der Waals surface area contributed by atoms with Crippen LogP contribution in [-0.2, 0) is 21.5 Å². The van der Waals surface area contributed by atoms with Crippen LogP contribution in [0, 0.1) is 6.92 Å². The van der Waals surface area contributed by atoms with Crippen LogP contribution in [0.2, 0.25) is 0 Å². The molecule has 0 aliphatic carbocycles. The first-order chi connectivity index (χ1) is 12.6. The van der Waals surface area contributed by atoms with Gasteiger partial charge in [0.1, 0.15) is 5.69 Å². The van der Waals surface area contributed by atoms with Crippen LogP contribution in [0.25, 0.3) is 11.3 Å². The normalized spacial score (nSPS) is 13.3. The fraction of sp³-hybridized carbons (Fsp3) is 0.250. The molecule has 6 nitrogen and oxygen atoms in total. The van der Waals surface area contributed by atoms with Crippen molar-refractivity contribution in [3.63, 3.8) is 0 Å². The van der Waals surface area contributed by atoms with Crippen molar-refractivity contribution >= 4 is 5.97 Å². The zero-order chi connectivity index (χ0) is 18.6. The number of rotatable bonds is 7. The van der Waals surface area contributed by atoms with E-state index in [-0.39, 0.29) is 13.0 Å². The fourth-order valence-electron chi connectivity index (χ4n) is 3.01. The molecule has 0 radical (unpaired) electrons. The van der Waals surface area contributed by atoms with Gasteiger partial charge in [0.2, 0.25) is 5.54 Å². The first kappa shape index (κ1) is 17.8. The van der Waals surface area contributed by atoms with Gasteiger partial charge in [0.15, 0.2) is 0 Å². The average molecular weight is 351 g/mol. The Morgan fingerprint density at radius 3 is 2.27 bits per heavy atom. The molecule has 0 bridgehead atoms. The van der Waals surface area contributed by atoms with Gasteiger partial charge < -0.3 is 9.84 Å². The monoisotopic (exact) mass is 351 g/mol. The number of carbonyl (C=O) groups is 1. The quantitative estimate of drug-likeness (QED) is 0.708. The first-order valence-electron chi connectivity index (χ1n) is 8.33. The third-order valence-electron chi connectivity index (χ3n) is 4.33. The van der Waals surface area contributed by atoms with E-state index in [9.17, 15) is 9.90 Å². The second kappa shape index (κ2) is 7.49. The summed E-state index contributed by atoms with van der Waals surface area (Å²) in [6.07, 6.45) is 0.222. The van der Waals surface area contributed by atoms with Crippen LogP contribution >= 0.6 is 0 Å². The van der Waals surface area contributed by atoms with Gasteiger partial charge in [-0.1, -0.05) is 60.7 Å². The Labute approximate surface area is 152 Å². The van der Waals surface area contributed by atoms with E-state index < -0.39 is 11.5 Å². The summed E-state index contributed by atoms with van der Waals surface area (Å²) < 4.78 is 5.27. The largest absolute Gasteiger partial charge is 0.479 e. The molecule has 6 heteroatoms. The van der Waals surface area contributed by atoms with Crippen LogP contribution in [0.1, 0.15) is 11.3 Å². The molecule has 0 aliphatic heterocycles. The number of aromatic nitrogens is 3. The number of aliphatic carboxylic acids is 1. The second-order valence-corrected chi connectivity index (χ2v) is 6.22. The number of carboxylic acids is 1. The minimum atomic E-state index is -1.42. The molecule has 0 saturated heterocycles. The van der Waals surface area contributed by atoms with E-state index >= 15 is 0 Å². The number of carboxylic acid groups (broad SMARTS) is 1. The lowest BCUT2D eigenvalue weighted by molar-refractivity contribution is -0.152. The summed E-state index contributed by atoms with van der Waals surface area (Å²) in [7, 11) is 1.48. The summed E-state index contributed by atoms with van der Waals surface area (Å²) in [5.41, 5.74) is 1.69. The number of hydrogen-bond donors (Lipinski definition) is 1. The van der Waals surface area contributed by atoms with Gasteiger partial charge in [0.05, 0.1) is 12.3 Å². The second-order valence-electron chi connectivity index (χ2n) is 6.22. The maximum atomic E-state index is 12.3. The molecule has 0 aliphatic rings. The molecular weight excluding hydrogens is 330 g/mol. The van der Waals surface area contributed by atoms with E-state index in [1.54, 1.807) is 0 Å². The number of hydrogen-bond acceptors (Lipinski definition) is 4. The van der Waals surface area contributed by atoms with Crippen molar-refractivity contribution in [3.8, 4) is 11.3 Å². The molecule has 1 N–H and O–H groups in total. The van der Waals surface area contributed by atoms with Gasteiger partial charge in [-0.15, -0.1) is 0 Å². The summed E-state index contributed by atoms with van der Waals surface area (Å²) in [6, 6.07) is 19.0. The van der Waals surface area contributed by atoms with E-state index in [2.05, 4.69) is 10.2 Å². The third-order valence-corrected chi connectivity index (χ3v) is 4.33. The van der Waals surface area contributed by atoms with Crippen molar-refractivity contribution in [1.29, 1.82) is 0 Å². The topological polar surface area (TPSA) is 77.2 Å². The maximum absolute atomic E-state index is 12.3. The smallest absolute Gasteiger partial charge is 0.336 e. The van der Waals surface area contributed by atoms with Gasteiger partial charge in [-0.2, -0.15) is 15.0 Å². The molecule has 1 atom stereocenters. The van der Waals surface area contributed by atoms with Crippen molar-refractivity contribution in [3.05, 3.63) is 71.9 Å². The van der Waals surface area contributed by atoms with E-state index in [0.717, 1.165) is 11.1 Å².